The van der Waals surface area contributed by atoms with Crippen LogP contribution in [0.25, 0.3) is 0 Å². The van der Waals surface area contributed by atoms with E-state index in [4.69, 9.17) is 0 Å². The maximum absolute atomic E-state index is 9.25. The number of rotatable bonds is 6. The molecule has 0 saturated carbocycles. The van der Waals surface area contributed by atoms with Crippen molar-refractivity contribution in [1.82, 2.24) is 5.32 Å². The van der Waals surface area contributed by atoms with E-state index in [1.807, 2.05) is 12.1 Å². The van der Waals surface area contributed by atoms with E-state index in [1.165, 1.54) is 24.2 Å². The largest absolute Gasteiger partial charge is 0.508 e. The number of nitrogens with one attached hydrogen (secondary N) is 1. The van der Waals surface area contributed by atoms with E-state index >= 15 is 0 Å². The molecule has 0 aromatic heterocycles. The lowest BCUT2D eigenvalue weighted by Crippen LogP contribution is -2.38. The van der Waals surface area contributed by atoms with E-state index in [9.17, 15) is 5.11 Å². The second kappa shape index (κ2) is 6.67. The fourth-order valence-electron chi connectivity index (χ4n) is 2.51. The van der Waals surface area contributed by atoms with Gasteiger partial charge >= 0.3 is 0 Å². The molecule has 2 nitrogen and oxygen atoms in total. The van der Waals surface area contributed by atoms with Crippen LogP contribution in [-0.4, -0.2) is 28.2 Å². The van der Waals surface area contributed by atoms with Crippen LogP contribution in [0.1, 0.15) is 38.7 Å². The van der Waals surface area contributed by atoms with Crippen molar-refractivity contribution in [2.24, 2.45) is 0 Å². The van der Waals surface area contributed by atoms with Crippen LogP contribution >= 0.6 is 11.8 Å². The maximum atomic E-state index is 9.25. The van der Waals surface area contributed by atoms with Crippen molar-refractivity contribution in [3.05, 3.63) is 29.8 Å². The van der Waals surface area contributed by atoms with Gasteiger partial charge in [0.2, 0.25) is 0 Å². The Morgan fingerprint density at radius 3 is 2.74 bits per heavy atom. The first-order chi connectivity index (χ1) is 9.07. The number of phenols is 1. The van der Waals surface area contributed by atoms with Crippen molar-refractivity contribution in [3.8, 4) is 5.75 Å². The minimum Gasteiger partial charge on any atom is -0.508 e. The number of aryl methyl sites for hydroxylation is 1. The highest BCUT2D eigenvalue weighted by molar-refractivity contribution is 8.00. The Bertz CT molecular complexity index is 384. The van der Waals surface area contributed by atoms with E-state index in [2.05, 4.69) is 30.9 Å². The third-order valence-corrected chi connectivity index (χ3v) is 5.47. The SMILES string of the molecule is CC(CCc1ccc(O)cc1)NCC1(C)CCCS1. The van der Waals surface area contributed by atoms with Crippen molar-refractivity contribution < 1.29 is 5.11 Å². The van der Waals surface area contributed by atoms with Gasteiger partial charge in [-0.3, -0.25) is 0 Å². The van der Waals surface area contributed by atoms with Crippen molar-refractivity contribution in [2.75, 3.05) is 12.3 Å². The summed E-state index contributed by atoms with van der Waals surface area (Å²) in [4.78, 5) is 0. The van der Waals surface area contributed by atoms with Gasteiger partial charge in [0, 0.05) is 17.3 Å². The van der Waals surface area contributed by atoms with Gasteiger partial charge in [-0.15, -0.1) is 0 Å². The molecule has 19 heavy (non-hydrogen) atoms. The molecule has 0 radical (unpaired) electrons. The van der Waals surface area contributed by atoms with Crippen molar-refractivity contribution >= 4 is 11.8 Å². The standard InChI is InChI=1S/C16H25NOS/c1-13(17-12-16(2)10-3-11-19-16)4-5-14-6-8-15(18)9-7-14/h6-9,13,17-18H,3-5,10-12H2,1-2H3. The normalized spacial score (nSPS) is 24.5. The Morgan fingerprint density at radius 1 is 1.37 bits per heavy atom. The van der Waals surface area contributed by atoms with Crippen molar-refractivity contribution in [2.45, 2.75) is 50.3 Å². The van der Waals surface area contributed by atoms with Crippen LogP contribution in [0.2, 0.25) is 0 Å². The second-order valence-corrected chi connectivity index (χ2v) is 7.57. The molecule has 3 heteroatoms. The van der Waals surface area contributed by atoms with Gasteiger partial charge in [0.1, 0.15) is 5.75 Å². The molecule has 1 aromatic rings. The molecule has 1 fully saturated rings. The van der Waals surface area contributed by atoms with Gasteiger partial charge in [0.15, 0.2) is 0 Å². The van der Waals surface area contributed by atoms with Gasteiger partial charge in [-0.2, -0.15) is 11.8 Å². The highest BCUT2D eigenvalue weighted by Gasteiger charge is 2.29. The van der Waals surface area contributed by atoms with Crippen LogP contribution in [0.5, 0.6) is 5.75 Å². The Morgan fingerprint density at radius 2 is 2.11 bits per heavy atom. The zero-order chi connectivity index (χ0) is 13.7. The zero-order valence-electron chi connectivity index (χ0n) is 12.0. The van der Waals surface area contributed by atoms with E-state index < -0.39 is 0 Å². The number of aromatic hydroxyl groups is 1. The summed E-state index contributed by atoms with van der Waals surface area (Å²) in [5.41, 5.74) is 1.30. The lowest BCUT2D eigenvalue weighted by molar-refractivity contribution is 0.461. The zero-order valence-corrected chi connectivity index (χ0v) is 12.8. The third-order valence-electron chi connectivity index (χ3n) is 3.93. The van der Waals surface area contributed by atoms with Crippen LogP contribution in [0.4, 0.5) is 0 Å². The Balaban J connectivity index is 1.69. The summed E-state index contributed by atoms with van der Waals surface area (Å²) in [6.45, 7) is 5.77. The van der Waals surface area contributed by atoms with Crippen LogP contribution in [-0.2, 0) is 6.42 Å². The molecule has 2 atom stereocenters. The molecule has 1 aliphatic rings. The average molecular weight is 279 g/mol. The third kappa shape index (κ3) is 4.73. The van der Waals surface area contributed by atoms with Gasteiger partial charge in [-0.05, 0) is 63.0 Å². The Hall–Kier alpha value is -0.670. The van der Waals surface area contributed by atoms with E-state index in [-0.39, 0.29) is 0 Å². The average Bonchev–Trinajstić information content (AvgIpc) is 2.83. The van der Waals surface area contributed by atoms with E-state index in [0.717, 1.165) is 19.4 Å². The molecule has 2 N–H and O–H groups in total. The molecule has 2 unspecified atom stereocenters. The Labute approximate surface area is 121 Å². The Kier molecular flexibility index (Phi) is 5.17. The highest BCUT2D eigenvalue weighted by atomic mass is 32.2. The van der Waals surface area contributed by atoms with Gasteiger partial charge in [0.05, 0.1) is 0 Å². The maximum Gasteiger partial charge on any atom is 0.115 e. The number of hydrogen-bond donors (Lipinski definition) is 2. The summed E-state index contributed by atoms with van der Waals surface area (Å²) < 4.78 is 0.451. The molecular formula is C16H25NOS. The molecule has 1 aliphatic heterocycles. The van der Waals surface area contributed by atoms with Gasteiger partial charge in [-0.1, -0.05) is 12.1 Å². The van der Waals surface area contributed by atoms with Crippen LogP contribution in [0, 0.1) is 0 Å². The summed E-state index contributed by atoms with van der Waals surface area (Å²) in [7, 11) is 0. The molecule has 0 bridgehead atoms. The molecular weight excluding hydrogens is 254 g/mol. The summed E-state index contributed by atoms with van der Waals surface area (Å²) >= 11 is 2.11. The minimum atomic E-state index is 0.348. The topological polar surface area (TPSA) is 32.3 Å². The molecule has 2 rings (SSSR count). The van der Waals surface area contributed by atoms with Crippen molar-refractivity contribution in [3.63, 3.8) is 0 Å². The molecule has 1 aromatic carbocycles. The molecule has 0 spiro atoms. The van der Waals surface area contributed by atoms with Crippen LogP contribution in [0.3, 0.4) is 0 Å². The van der Waals surface area contributed by atoms with Crippen LogP contribution in [0.15, 0.2) is 24.3 Å². The van der Waals surface area contributed by atoms with E-state index in [1.54, 1.807) is 12.1 Å². The van der Waals surface area contributed by atoms with E-state index in [0.29, 0.717) is 16.5 Å². The lowest BCUT2D eigenvalue weighted by Gasteiger charge is -2.25. The summed E-state index contributed by atoms with van der Waals surface area (Å²) in [6.07, 6.45) is 4.92. The minimum absolute atomic E-state index is 0.348. The predicted molar refractivity (Wildman–Crippen MR) is 84.0 cm³/mol. The van der Waals surface area contributed by atoms with Gasteiger partial charge in [-0.25, -0.2) is 0 Å². The van der Waals surface area contributed by atoms with Gasteiger partial charge < -0.3 is 10.4 Å². The summed E-state index contributed by atoms with van der Waals surface area (Å²) in [6, 6.07) is 8.10. The lowest BCUT2D eigenvalue weighted by atomic mass is 10.0. The first-order valence-electron chi connectivity index (χ1n) is 7.23. The number of thioether (sulfide) groups is 1. The number of hydrogen-bond acceptors (Lipinski definition) is 3. The summed E-state index contributed by atoms with van der Waals surface area (Å²) in [5, 5.41) is 12.9. The molecule has 1 heterocycles. The highest BCUT2D eigenvalue weighted by Crippen LogP contribution is 2.37. The fourth-order valence-corrected chi connectivity index (χ4v) is 3.77. The predicted octanol–water partition coefficient (Wildman–Crippen LogP) is 3.59. The molecule has 1 saturated heterocycles. The number of benzene rings is 1. The first kappa shape index (κ1) is 14.7. The summed E-state index contributed by atoms with van der Waals surface area (Å²) in [5.74, 6) is 1.67. The molecule has 0 aliphatic carbocycles. The van der Waals surface area contributed by atoms with Gasteiger partial charge in [0.25, 0.3) is 0 Å². The fraction of sp³-hybridized carbons (Fsp3) is 0.625. The smallest absolute Gasteiger partial charge is 0.115 e. The van der Waals surface area contributed by atoms with Crippen molar-refractivity contribution in [1.29, 1.82) is 0 Å². The second-order valence-electron chi connectivity index (χ2n) is 5.89. The first-order valence-corrected chi connectivity index (χ1v) is 8.21. The number of phenolic OH excluding ortho intramolecular Hbond substituents is 1. The molecule has 106 valence electrons. The van der Waals surface area contributed by atoms with Crippen LogP contribution < -0.4 is 5.32 Å². The molecule has 0 amide bonds. The monoisotopic (exact) mass is 279 g/mol. The quantitative estimate of drug-likeness (QED) is 0.834.